The summed E-state index contributed by atoms with van der Waals surface area (Å²) in [6.07, 6.45) is 14.6. The predicted octanol–water partition coefficient (Wildman–Crippen LogP) is 4.03. The van der Waals surface area contributed by atoms with Crippen molar-refractivity contribution in [2.24, 2.45) is 0 Å². The number of allylic oxidation sites excluding steroid dienone is 8. The van der Waals surface area contributed by atoms with E-state index in [2.05, 4.69) is 50.0 Å². The van der Waals surface area contributed by atoms with Crippen molar-refractivity contribution in [1.82, 2.24) is 0 Å². The van der Waals surface area contributed by atoms with Crippen molar-refractivity contribution in [2.45, 2.75) is 32.5 Å². The Morgan fingerprint density at radius 2 is 2.07 bits per heavy atom. The van der Waals surface area contributed by atoms with Crippen LogP contribution in [0, 0.1) is 6.08 Å². The van der Waals surface area contributed by atoms with E-state index in [4.69, 9.17) is 0 Å². The molecule has 0 heterocycles. The van der Waals surface area contributed by atoms with Crippen LogP contribution in [0.5, 0.6) is 0 Å². The fourth-order valence-electron chi connectivity index (χ4n) is 2.05. The van der Waals surface area contributed by atoms with E-state index < -0.39 is 8.07 Å². The third kappa shape index (κ3) is 2.79. The van der Waals surface area contributed by atoms with E-state index in [-0.39, 0.29) is 29.1 Å². The van der Waals surface area contributed by atoms with Crippen molar-refractivity contribution in [3.63, 3.8) is 0 Å². The Morgan fingerprint density at radius 3 is 2.60 bits per heavy atom. The minimum atomic E-state index is -1.16. The molecule has 0 bridgehead atoms. The van der Waals surface area contributed by atoms with Crippen LogP contribution in [0.1, 0.15) is 15.7 Å². The van der Waals surface area contributed by atoms with Crippen molar-refractivity contribution in [1.29, 1.82) is 0 Å². The molecule has 2 rings (SSSR count). The average molecular weight is 295 g/mol. The first-order valence-electron chi connectivity index (χ1n) is 5.27. The van der Waals surface area contributed by atoms with E-state index in [0.717, 1.165) is 12.8 Å². The van der Waals surface area contributed by atoms with Gasteiger partial charge < -0.3 is 2.85 Å². The number of hydrogen-bond acceptors (Lipinski definition) is 0. The Kier molecular flexibility index (Phi) is 4.31. The van der Waals surface area contributed by atoms with Crippen molar-refractivity contribution < 1.29 is 29.1 Å². The van der Waals surface area contributed by atoms with Crippen LogP contribution < -0.4 is 0 Å². The molecule has 2 aliphatic carbocycles. The zero-order valence-electron chi connectivity index (χ0n) is 11.7. The monoisotopic (exact) mass is 293 g/mol. The fraction of sp³-hybridized carbons (Fsp3) is 0.385. The summed E-state index contributed by atoms with van der Waals surface area (Å²) in [5, 5.41) is 1.60. The maximum absolute atomic E-state index is 3.51. The van der Waals surface area contributed by atoms with Gasteiger partial charge in [0.2, 0.25) is 0 Å². The Balaban J connectivity index is 0. The molecule has 0 aromatic carbocycles. The summed E-state index contributed by atoms with van der Waals surface area (Å²) in [5.74, 6) is 0. The van der Waals surface area contributed by atoms with Crippen LogP contribution in [0.3, 0.4) is 0 Å². The van der Waals surface area contributed by atoms with E-state index in [9.17, 15) is 0 Å². The third-order valence-corrected chi connectivity index (χ3v) is 4.82. The van der Waals surface area contributed by atoms with Crippen LogP contribution in [-0.4, -0.2) is 8.07 Å². The summed E-state index contributed by atoms with van der Waals surface area (Å²) < 4.78 is 0. The predicted molar refractivity (Wildman–Crippen MR) is 66.9 cm³/mol. The smallest absolute Gasteiger partial charge is 1.00 e. The van der Waals surface area contributed by atoms with Crippen LogP contribution >= 0.6 is 0 Å². The Labute approximate surface area is 116 Å². The first-order chi connectivity index (χ1) is 6.59. The van der Waals surface area contributed by atoms with E-state index in [1.165, 1.54) is 11.1 Å². The molecular formula is C13H19SiZr. The Morgan fingerprint density at radius 1 is 1.33 bits per heavy atom. The van der Waals surface area contributed by atoms with Gasteiger partial charge in [-0.15, -0.1) is 17.7 Å². The first-order valence-corrected chi connectivity index (χ1v) is 8.77. The average Bonchev–Trinajstić information content (AvgIpc) is 2.73. The Bertz CT molecular complexity index is 373. The maximum atomic E-state index is 3.51. The molecule has 2 heteroatoms. The van der Waals surface area contributed by atoms with Crippen molar-refractivity contribution >= 4 is 8.07 Å². The van der Waals surface area contributed by atoms with Gasteiger partial charge in [0.05, 0.1) is 0 Å². The number of hydrogen-bond donors (Lipinski definition) is 0. The molecule has 0 spiro atoms. The summed E-state index contributed by atoms with van der Waals surface area (Å²) in [7, 11) is -1.16. The summed E-state index contributed by atoms with van der Waals surface area (Å²) in [5.41, 5.74) is 2.89. The summed E-state index contributed by atoms with van der Waals surface area (Å²) in [6.45, 7) is 7.23. The quantitative estimate of drug-likeness (QED) is 0.533. The van der Waals surface area contributed by atoms with Crippen molar-refractivity contribution in [2.75, 3.05) is 0 Å². The minimum Gasteiger partial charge on any atom is -1.00 e. The molecule has 0 unspecified atom stereocenters. The second-order valence-corrected chi connectivity index (χ2v) is 9.99. The van der Waals surface area contributed by atoms with Gasteiger partial charge in [0, 0.05) is 8.07 Å². The van der Waals surface area contributed by atoms with E-state index in [0.29, 0.717) is 0 Å². The van der Waals surface area contributed by atoms with Crippen LogP contribution in [-0.2, 0) is 26.2 Å². The van der Waals surface area contributed by atoms with E-state index in [1.54, 1.807) is 5.20 Å². The molecule has 0 fully saturated rings. The molecule has 79 valence electrons. The van der Waals surface area contributed by atoms with Crippen LogP contribution in [0.25, 0.3) is 0 Å². The van der Waals surface area contributed by atoms with Gasteiger partial charge in [0.1, 0.15) is 0 Å². The maximum Gasteiger partial charge on any atom is 3.00 e. The van der Waals surface area contributed by atoms with Crippen molar-refractivity contribution in [3.8, 4) is 0 Å². The fourth-order valence-corrected chi connectivity index (χ4v) is 3.77. The summed E-state index contributed by atoms with van der Waals surface area (Å²) in [4.78, 5) is 0. The van der Waals surface area contributed by atoms with E-state index in [1.807, 2.05) is 0 Å². The zero-order valence-corrected chi connectivity index (χ0v) is 13.2. The van der Waals surface area contributed by atoms with Crippen LogP contribution in [0.15, 0.2) is 40.6 Å². The standard InChI is InChI=1S/C13H17Si.Zr.2H/c1-14(2,3)13-10-6-9-12(13)11-7-4-5-8-11;;;/h4-5,7,10H,6,8H2,1-3H3;;;/q-1;+3;2*-1. The molecule has 0 N–H and O–H groups in total. The van der Waals surface area contributed by atoms with Gasteiger partial charge in [-0.2, -0.15) is 16.8 Å². The Hall–Kier alpha value is 0.0600. The summed E-state index contributed by atoms with van der Waals surface area (Å²) in [6, 6.07) is 0. The molecule has 0 aliphatic heterocycles. The molecule has 0 amide bonds. The minimum absolute atomic E-state index is 0. The van der Waals surface area contributed by atoms with Gasteiger partial charge in [0.25, 0.3) is 0 Å². The molecule has 0 nitrogen and oxygen atoms in total. The van der Waals surface area contributed by atoms with Gasteiger partial charge in [-0.05, 0) is 0 Å². The topological polar surface area (TPSA) is 0 Å². The van der Waals surface area contributed by atoms with Gasteiger partial charge >= 0.3 is 26.2 Å². The third-order valence-electron chi connectivity index (χ3n) is 2.75. The zero-order chi connectivity index (χ0) is 10.2. The normalized spacial score (nSPS) is 19.5. The molecule has 0 atom stereocenters. The molecule has 0 aromatic rings. The molecule has 0 aromatic heterocycles. The second kappa shape index (κ2) is 4.93. The van der Waals surface area contributed by atoms with Crippen LogP contribution in [0.4, 0.5) is 0 Å². The molecule has 2 aliphatic rings. The SMILES string of the molecule is C[Si](C)(C)C1=CC[C-]=C1C1=CC=CC1.[H-].[H-].[Zr+3]. The largest absolute Gasteiger partial charge is 3.00 e. The van der Waals surface area contributed by atoms with E-state index >= 15 is 0 Å². The van der Waals surface area contributed by atoms with Gasteiger partial charge in [-0.3, -0.25) is 0 Å². The van der Waals surface area contributed by atoms with Gasteiger partial charge in [-0.1, -0.05) is 44.6 Å². The molecule has 0 saturated carbocycles. The molecule has 1 radical (unpaired) electrons. The van der Waals surface area contributed by atoms with Crippen molar-refractivity contribution in [3.05, 3.63) is 46.7 Å². The second-order valence-electron chi connectivity index (χ2n) is 4.95. The number of rotatable bonds is 2. The van der Waals surface area contributed by atoms with Gasteiger partial charge in [-0.25, -0.2) is 0 Å². The summed E-state index contributed by atoms with van der Waals surface area (Å²) >= 11 is 0. The molecule has 0 saturated heterocycles. The first kappa shape index (κ1) is 13.1. The van der Waals surface area contributed by atoms with Gasteiger partial charge in [0.15, 0.2) is 0 Å². The molecule has 15 heavy (non-hydrogen) atoms. The van der Waals surface area contributed by atoms with Crippen LogP contribution in [0.2, 0.25) is 19.6 Å². The molecular weight excluding hydrogens is 275 g/mol.